The summed E-state index contributed by atoms with van der Waals surface area (Å²) in [5, 5.41) is 9.90. The van der Waals surface area contributed by atoms with Gasteiger partial charge in [0.25, 0.3) is 0 Å². The molecule has 2 aliphatic rings. The van der Waals surface area contributed by atoms with Gasteiger partial charge in [-0.2, -0.15) is 0 Å². The molecule has 94 valence electrons. The molecule has 1 N–H and O–H groups in total. The van der Waals surface area contributed by atoms with E-state index >= 15 is 0 Å². The molecule has 2 fully saturated rings. The normalized spacial score (nSPS) is 31.9. The number of aliphatic hydroxyl groups excluding tert-OH is 1. The molecule has 2 saturated carbocycles. The highest BCUT2D eigenvalue weighted by Gasteiger charge is 2.56. The van der Waals surface area contributed by atoms with Crippen LogP contribution in [0.25, 0.3) is 0 Å². The average molecular weight is 228 g/mol. The lowest BCUT2D eigenvalue weighted by atomic mass is 9.62. The predicted octanol–water partition coefficient (Wildman–Crippen LogP) is 2.12. The molecule has 2 rings (SSSR count). The van der Waals surface area contributed by atoms with Crippen LogP contribution in [-0.2, 0) is 9.47 Å². The summed E-state index contributed by atoms with van der Waals surface area (Å²) >= 11 is 0. The predicted molar refractivity (Wildman–Crippen MR) is 62.4 cm³/mol. The molecule has 0 saturated heterocycles. The molecule has 0 heterocycles. The molecule has 0 bridgehead atoms. The second-order valence-electron chi connectivity index (χ2n) is 5.16. The van der Waals surface area contributed by atoms with E-state index in [1.54, 1.807) is 0 Å². The van der Waals surface area contributed by atoms with E-state index in [4.69, 9.17) is 9.47 Å². The van der Waals surface area contributed by atoms with Crippen molar-refractivity contribution in [1.29, 1.82) is 0 Å². The van der Waals surface area contributed by atoms with Crippen LogP contribution < -0.4 is 0 Å². The van der Waals surface area contributed by atoms with Crippen molar-refractivity contribution in [3.05, 3.63) is 0 Å². The molecular weight excluding hydrogens is 204 g/mol. The third-order valence-corrected chi connectivity index (χ3v) is 4.17. The topological polar surface area (TPSA) is 38.7 Å². The number of aliphatic hydroxyl groups is 1. The van der Waals surface area contributed by atoms with Crippen LogP contribution in [0, 0.1) is 5.41 Å². The number of ether oxygens (including phenoxy) is 2. The summed E-state index contributed by atoms with van der Waals surface area (Å²) in [4.78, 5) is 0. The first-order valence-electron chi connectivity index (χ1n) is 6.67. The number of rotatable bonds is 6. The van der Waals surface area contributed by atoms with Crippen molar-refractivity contribution < 1.29 is 14.6 Å². The molecule has 0 aromatic heterocycles. The molecule has 0 aliphatic heterocycles. The Labute approximate surface area is 98.1 Å². The summed E-state index contributed by atoms with van der Waals surface area (Å²) in [6.07, 6.45) is 6.86. The van der Waals surface area contributed by atoms with Gasteiger partial charge >= 0.3 is 0 Å². The van der Waals surface area contributed by atoms with Crippen molar-refractivity contribution in [2.75, 3.05) is 19.8 Å². The standard InChI is InChI=1S/C13H24O3/c1-2-7-15-8-9-16-12-10-11(14)13(12)5-3-4-6-13/h11-12,14H,2-10H2,1H3. The van der Waals surface area contributed by atoms with Gasteiger partial charge in [-0.15, -0.1) is 0 Å². The quantitative estimate of drug-likeness (QED) is 0.708. The maximum atomic E-state index is 9.90. The first-order chi connectivity index (χ1) is 7.79. The zero-order valence-electron chi connectivity index (χ0n) is 10.3. The Balaban J connectivity index is 1.66. The third kappa shape index (κ3) is 2.27. The minimum absolute atomic E-state index is 0.114. The van der Waals surface area contributed by atoms with Gasteiger partial charge in [-0.1, -0.05) is 19.8 Å². The minimum atomic E-state index is -0.114. The van der Waals surface area contributed by atoms with E-state index in [0.29, 0.717) is 13.2 Å². The zero-order chi connectivity index (χ0) is 11.4. The van der Waals surface area contributed by atoms with Crippen molar-refractivity contribution in [3.8, 4) is 0 Å². The second-order valence-corrected chi connectivity index (χ2v) is 5.16. The first kappa shape index (κ1) is 12.3. The maximum Gasteiger partial charge on any atom is 0.0704 e. The van der Waals surface area contributed by atoms with Gasteiger partial charge in [0.1, 0.15) is 0 Å². The Morgan fingerprint density at radius 2 is 1.94 bits per heavy atom. The fourth-order valence-electron chi connectivity index (χ4n) is 3.14. The monoisotopic (exact) mass is 228 g/mol. The van der Waals surface area contributed by atoms with Gasteiger partial charge in [0, 0.05) is 18.4 Å². The van der Waals surface area contributed by atoms with Crippen molar-refractivity contribution in [3.63, 3.8) is 0 Å². The first-order valence-corrected chi connectivity index (χ1v) is 6.67. The van der Waals surface area contributed by atoms with E-state index in [1.807, 2.05) is 0 Å². The van der Waals surface area contributed by atoms with Crippen LogP contribution in [0.5, 0.6) is 0 Å². The lowest BCUT2D eigenvalue weighted by Crippen LogP contribution is -2.56. The van der Waals surface area contributed by atoms with Crippen molar-refractivity contribution in [2.45, 2.75) is 57.7 Å². The Morgan fingerprint density at radius 1 is 1.19 bits per heavy atom. The average Bonchev–Trinajstić information content (AvgIpc) is 2.79. The third-order valence-electron chi connectivity index (χ3n) is 4.17. The Bertz CT molecular complexity index is 211. The van der Waals surface area contributed by atoms with E-state index in [0.717, 1.165) is 32.3 Å². The van der Waals surface area contributed by atoms with Crippen molar-refractivity contribution in [1.82, 2.24) is 0 Å². The summed E-state index contributed by atoms with van der Waals surface area (Å²) in [5.41, 5.74) is 0.116. The van der Waals surface area contributed by atoms with Crippen LogP contribution in [0.15, 0.2) is 0 Å². The molecular formula is C13H24O3. The van der Waals surface area contributed by atoms with E-state index < -0.39 is 0 Å². The molecule has 1 spiro atoms. The van der Waals surface area contributed by atoms with Crippen molar-refractivity contribution >= 4 is 0 Å². The molecule has 2 atom stereocenters. The van der Waals surface area contributed by atoms with E-state index in [2.05, 4.69) is 6.92 Å². The smallest absolute Gasteiger partial charge is 0.0704 e. The van der Waals surface area contributed by atoms with Gasteiger partial charge in [0.2, 0.25) is 0 Å². The highest BCUT2D eigenvalue weighted by molar-refractivity contribution is 5.06. The lowest BCUT2D eigenvalue weighted by Gasteiger charge is -2.51. The fourth-order valence-corrected chi connectivity index (χ4v) is 3.14. The Kier molecular flexibility index (Phi) is 4.22. The minimum Gasteiger partial charge on any atom is -0.392 e. The molecule has 0 amide bonds. The largest absolute Gasteiger partial charge is 0.392 e. The van der Waals surface area contributed by atoms with Gasteiger partial charge in [-0.3, -0.25) is 0 Å². The van der Waals surface area contributed by atoms with Crippen LogP contribution in [0.3, 0.4) is 0 Å². The Hall–Kier alpha value is -0.120. The van der Waals surface area contributed by atoms with Crippen LogP contribution in [0.1, 0.15) is 45.4 Å². The number of hydrogen-bond donors (Lipinski definition) is 1. The van der Waals surface area contributed by atoms with E-state index in [-0.39, 0.29) is 17.6 Å². The van der Waals surface area contributed by atoms with Gasteiger partial charge < -0.3 is 14.6 Å². The van der Waals surface area contributed by atoms with Gasteiger partial charge in [-0.25, -0.2) is 0 Å². The van der Waals surface area contributed by atoms with Crippen LogP contribution in [0.2, 0.25) is 0 Å². The van der Waals surface area contributed by atoms with Gasteiger partial charge in [0.05, 0.1) is 25.4 Å². The summed E-state index contributed by atoms with van der Waals surface area (Å²) < 4.78 is 11.2. The molecule has 3 heteroatoms. The van der Waals surface area contributed by atoms with Crippen LogP contribution >= 0.6 is 0 Å². The molecule has 0 aromatic carbocycles. The summed E-state index contributed by atoms with van der Waals surface area (Å²) in [7, 11) is 0. The van der Waals surface area contributed by atoms with Crippen molar-refractivity contribution in [2.24, 2.45) is 5.41 Å². The highest BCUT2D eigenvalue weighted by Crippen LogP contribution is 2.54. The summed E-state index contributed by atoms with van der Waals surface area (Å²) in [5.74, 6) is 0. The second kappa shape index (κ2) is 5.48. The van der Waals surface area contributed by atoms with Gasteiger partial charge in [0.15, 0.2) is 0 Å². The van der Waals surface area contributed by atoms with E-state index in [9.17, 15) is 5.11 Å². The fraction of sp³-hybridized carbons (Fsp3) is 1.00. The van der Waals surface area contributed by atoms with Crippen LogP contribution in [0.4, 0.5) is 0 Å². The molecule has 2 aliphatic carbocycles. The highest BCUT2D eigenvalue weighted by atomic mass is 16.5. The maximum absolute atomic E-state index is 9.90. The molecule has 2 unspecified atom stereocenters. The van der Waals surface area contributed by atoms with E-state index in [1.165, 1.54) is 12.8 Å². The lowest BCUT2D eigenvalue weighted by molar-refractivity contribution is -0.193. The molecule has 0 radical (unpaired) electrons. The number of hydrogen-bond acceptors (Lipinski definition) is 3. The van der Waals surface area contributed by atoms with Gasteiger partial charge in [-0.05, 0) is 19.3 Å². The molecule has 0 aromatic rings. The molecule has 3 nitrogen and oxygen atoms in total. The van der Waals surface area contributed by atoms with Crippen LogP contribution in [-0.4, -0.2) is 37.1 Å². The zero-order valence-corrected chi connectivity index (χ0v) is 10.3. The summed E-state index contributed by atoms with van der Waals surface area (Å²) in [6.45, 7) is 4.30. The Morgan fingerprint density at radius 3 is 2.56 bits per heavy atom. The summed E-state index contributed by atoms with van der Waals surface area (Å²) in [6, 6.07) is 0. The molecule has 16 heavy (non-hydrogen) atoms. The SMILES string of the molecule is CCCOCCOC1CC(O)C12CCCC2.